The van der Waals surface area contributed by atoms with Crippen LogP contribution in [0.2, 0.25) is 0 Å². The Morgan fingerprint density at radius 2 is 2.25 bits per heavy atom. The van der Waals surface area contributed by atoms with E-state index in [9.17, 15) is 0 Å². The van der Waals surface area contributed by atoms with Gasteiger partial charge in [-0.2, -0.15) is 0 Å². The summed E-state index contributed by atoms with van der Waals surface area (Å²) in [6.07, 6.45) is 6.44. The van der Waals surface area contributed by atoms with Crippen LogP contribution in [0.5, 0.6) is 0 Å². The fourth-order valence-corrected chi connectivity index (χ4v) is 2.07. The zero-order chi connectivity index (χ0) is 11.4. The second kappa shape index (κ2) is 5.46. The Kier molecular flexibility index (Phi) is 3.96. The van der Waals surface area contributed by atoms with Gasteiger partial charge in [0.05, 0.1) is 30.9 Å². The van der Waals surface area contributed by atoms with E-state index in [1.165, 1.54) is 5.69 Å². The highest BCUT2D eigenvalue weighted by Gasteiger charge is 2.14. The van der Waals surface area contributed by atoms with Crippen molar-refractivity contribution in [3.05, 3.63) is 18.2 Å². The maximum absolute atomic E-state index is 5.92. The molecule has 4 heteroatoms. The molecule has 16 heavy (non-hydrogen) atoms. The van der Waals surface area contributed by atoms with Crippen LogP contribution in [0.3, 0.4) is 0 Å². The lowest BCUT2D eigenvalue weighted by atomic mass is 10.1. The van der Waals surface area contributed by atoms with Gasteiger partial charge in [-0.3, -0.25) is 0 Å². The number of piperidine rings is 1. The molecule has 2 rings (SSSR count). The first-order valence-electron chi connectivity index (χ1n) is 6.10. The minimum absolute atomic E-state index is 0.414. The van der Waals surface area contributed by atoms with Gasteiger partial charge in [-0.05, 0) is 39.8 Å². The van der Waals surface area contributed by atoms with Crippen molar-refractivity contribution in [1.82, 2.24) is 14.9 Å². The molecular weight excluding hydrogens is 202 g/mol. The van der Waals surface area contributed by atoms with Crippen LogP contribution >= 0.6 is 0 Å². The average molecular weight is 223 g/mol. The SMILES string of the molecule is CC(C)n1cncc1COC1CCNCC1. The summed E-state index contributed by atoms with van der Waals surface area (Å²) in [5.74, 6) is 0. The first-order valence-corrected chi connectivity index (χ1v) is 6.10. The molecule has 0 spiro atoms. The third-order valence-corrected chi connectivity index (χ3v) is 3.06. The van der Waals surface area contributed by atoms with Crippen LogP contribution in [0.15, 0.2) is 12.5 Å². The van der Waals surface area contributed by atoms with E-state index in [-0.39, 0.29) is 0 Å². The van der Waals surface area contributed by atoms with Gasteiger partial charge in [0.15, 0.2) is 0 Å². The highest BCUT2D eigenvalue weighted by Crippen LogP contribution is 2.13. The number of ether oxygens (including phenoxy) is 1. The van der Waals surface area contributed by atoms with E-state index in [0.717, 1.165) is 25.9 Å². The predicted octanol–water partition coefficient (Wildman–Crippen LogP) is 1.73. The van der Waals surface area contributed by atoms with Gasteiger partial charge in [-0.1, -0.05) is 0 Å². The summed E-state index contributed by atoms with van der Waals surface area (Å²) < 4.78 is 8.09. The molecular formula is C12H21N3O. The first-order chi connectivity index (χ1) is 7.77. The third-order valence-electron chi connectivity index (χ3n) is 3.06. The van der Waals surface area contributed by atoms with Gasteiger partial charge in [0, 0.05) is 6.04 Å². The fourth-order valence-electron chi connectivity index (χ4n) is 2.07. The quantitative estimate of drug-likeness (QED) is 0.845. The fraction of sp³-hybridized carbons (Fsp3) is 0.750. The van der Waals surface area contributed by atoms with E-state index < -0.39 is 0 Å². The van der Waals surface area contributed by atoms with Crippen molar-refractivity contribution in [1.29, 1.82) is 0 Å². The second-order valence-electron chi connectivity index (χ2n) is 4.65. The lowest BCUT2D eigenvalue weighted by molar-refractivity contribution is 0.0179. The largest absolute Gasteiger partial charge is 0.372 e. The van der Waals surface area contributed by atoms with Gasteiger partial charge in [-0.15, -0.1) is 0 Å². The maximum Gasteiger partial charge on any atom is 0.0951 e. The Labute approximate surface area is 97.0 Å². The number of nitrogens with zero attached hydrogens (tertiary/aromatic N) is 2. The summed E-state index contributed by atoms with van der Waals surface area (Å²) in [5.41, 5.74) is 1.17. The number of nitrogens with one attached hydrogen (secondary N) is 1. The van der Waals surface area contributed by atoms with Crippen molar-refractivity contribution in [2.45, 2.75) is 45.4 Å². The maximum atomic E-state index is 5.92. The van der Waals surface area contributed by atoms with Crippen LogP contribution in [-0.2, 0) is 11.3 Å². The summed E-state index contributed by atoms with van der Waals surface area (Å²) in [5, 5.41) is 3.34. The molecule has 0 saturated carbocycles. The molecule has 0 unspecified atom stereocenters. The second-order valence-corrected chi connectivity index (χ2v) is 4.65. The molecule has 1 aliphatic rings. The molecule has 1 aromatic heterocycles. The van der Waals surface area contributed by atoms with Crippen molar-refractivity contribution in [3.8, 4) is 0 Å². The number of aromatic nitrogens is 2. The Hall–Kier alpha value is -0.870. The molecule has 0 atom stereocenters. The topological polar surface area (TPSA) is 39.1 Å². The number of imidazole rings is 1. The standard InChI is InChI=1S/C12H21N3O/c1-10(2)15-9-14-7-11(15)8-16-12-3-5-13-6-4-12/h7,9-10,12-13H,3-6,8H2,1-2H3. The van der Waals surface area contributed by atoms with Gasteiger partial charge in [-0.25, -0.2) is 4.98 Å². The molecule has 2 heterocycles. The molecule has 1 N–H and O–H groups in total. The smallest absolute Gasteiger partial charge is 0.0951 e. The average Bonchev–Trinajstić information content (AvgIpc) is 2.76. The molecule has 0 aromatic carbocycles. The molecule has 1 fully saturated rings. The normalized spacial score (nSPS) is 18.2. The van der Waals surface area contributed by atoms with Gasteiger partial charge in [0.2, 0.25) is 0 Å². The van der Waals surface area contributed by atoms with Crippen molar-refractivity contribution in [3.63, 3.8) is 0 Å². The Morgan fingerprint density at radius 1 is 1.50 bits per heavy atom. The third kappa shape index (κ3) is 2.83. The molecule has 0 amide bonds. The monoisotopic (exact) mass is 223 g/mol. The Bertz CT molecular complexity index is 316. The van der Waals surface area contributed by atoms with Crippen LogP contribution < -0.4 is 5.32 Å². The lowest BCUT2D eigenvalue weighted by Crippen LogP contribution is -2.32. The van der Waals surface area contributed by atoms with E-state index in [1.807, 2.05) is 12.5 Å². The van der Waals surface area contributed by atoms with Gasteiger partial charge in [0.1, 0.15) is 0 Å². The molecule has 0 aliphatic carbocycles. The van der Waals surface area contributed by atoms with Gasteiger partial charge >= 0.3 is 0 Å². The van der Waals surface area contributed by atoms with Crippen LogP contribution in [0.1, 0.15) is 38.4 Å². The highest BCUT2D eigenvalue weighted by molar-refractivity contribution is 4.98. The summed E-state index contributed by atoms with van der Waals surface area (Å²) in [4.78, 5) is 4.18. The van der Waals surface area contributed by atoms with Crippen LogP contribution in [0, 0.1) is 0 Å². The van der Waals surface area contributed by atoms with Gasteiger partial charge in [0.25, 0.3) is 0 Å². The summed E-state index contributed by atoms with van der Waals surface area (Å²) in [7, 11) is 0. The number of rotatable bonds is 4. The Morgan fingerprint density at radius 3 is 2.94 bits per heavy atom. The molecule has 0 radical (unpaired) electrons. The van der Waals surface area contributed by atoms with Crippen molar-refractivity contribution in [2.24, 2.45) is 0 Å². The van der Waals surface area contributed by atoms with E-state index in [1.54, 1.807) is 0 Å². The van der Waals surface area contributed by atoms with E-state index >= 15 is 0 Å². The predicted molar refractivity (Wildman–Crippen MR) is 63.3 cm³/mol. The van der Waals surface area contributed by atoms with E-state index in [2.05, 4.69) is 28.7 Å². The number of hydrogen-bond donors (Lipinski definition) is 1. The molecule has 0 bridgehead atoms. The zero-order valence-electron chi connectivity index (χ0n) is 10.1. The lowest BCUT2D eigenvalue weighted by Gasteiger charge is -2.23. The molecule has 1 aliphatic heterocycles. The first kappa shape index (κ1) is 11.6. The number of hydrogen-bond acceptors (Lipinski definition) is 3. The van der Waals surface area contributed by atoms with E-state index in [0.29, 0.717) is 18.8 Å². The van der Waals surface area contributed by atoms with Gasteiger partial charge < -0.3 is 14.6 Å². The molecule has 4 nitrogen and oxygen atoms in total. The van der Waals surface area contributed by atoms with E-state index in [4.69, 9.17) is 4.74 Å². The summed E-state index contributed by atoms with van der Waals surface area (Å²) in [6.45, 7) is 7.16. The molecule has 90 valence electrons. The minimum atomic E-state index is 0.414. The van der Waals surface area contributed by atoms with Crippen LogP contribution in [0.25, 0.3) is 0 Å². The summed E-state index contributed by atoms with van der Waals surface area (Å²) >= 11 is 0. The van der Waals surface area contributed by atoms with Crippen LogP contribution in [0.4, 0.5) is 0 Å². The molecule has 1 saturated heterocycles. The van der Waals surface area contributed by atoms with Crippen LogP contribution in [-0.4, -0.2) is 28.7 Å². The minimum Gasteiger partial charge on any atom is -0.372 e. The molecule has 1 aromatic rings. The Balaban J connectivity index is 1.86. The van der Waals surface area contributed by atoms with Crippen molar-refractivity contribution < 1.29 is 4.74 Å². The highest BCUT2D eigenvalue weighted by atomic mass is 16.5. The van der Waals surface area contributed by atoms with Crippen molar-refractivity contribution >= 4 is 0 Å². The zero-order valence-corrected chi connectivity index (χ0v) is 10.1. The van der Waals surface area contributed by atoms with Crippen molar-refractivity contribution in [2.75, 3.05) is 13.1 Å². The summed E-state index contributed by atoms with van der Waals surface area (Å²) in [6, 6.07) is 0.453.